The molecule has 0 unspecified atom stereocenters. The average Bonchev–Trinajstić information content (AvgIpc) is 2.60. The topological polar surface area (TPSA) is 29.5 Å². The standard InChI is InChI=1S/C21H25NO2/c1-18(2)21(23)24-15-9-14-22(16-19-10-5-3-6-11-19)17-20-12-7-4-8-13-20/h3-8,10-13H,1,9,14-17H2,2H3. The van der Waals surface area contributed by atoms with Crippen LogP contribution < -0.4 is 0 Å². The third kappa shape index (κ3) is 6.39. The molecule has 0 aliphatic rings. The summed E-state index contributed by atoms with van der Waals surface area (Å²) < 4.78 is 5.19. The van der Waals surface area contributed by atoms with E-state index in [9.17, 15) is 4.79 Å². The van der Waals surface area contributed by atoms with E-state index in [0.29, 0.717) is 12.2 Å². The molecule has 0 radical (unpaired) electrons. The van der Waals surface area contributed by atoms with Crippen molar-refractivity contribution in [2.24, 2.45) is 0 Å². The van der Waals surface area contributed by atoms with Crippen LogP contribution in [0.15, 0.2) is 72.8 Å². The van der Waals surface area contributed by atoms with E-state index in [1.54, 1.807) is 6.92 Å². The first-order chi connectivity index (χ1) is 11.6. The molecular weight excluding hydrogens is 298 g/mol. The van der Waals surface area contributed by atoms with Gasteiger partial charge in [-0.3, -0.25) is 4.90 Å². The van der Waals surface area contributed by atoms with Crippen LogP contribution in [0.1, 0.15) is 24.5 Å². The first-order valence-electron chi connectivity index (χ1n) is 8.28. The molecule has 2 aromatic carbocycles. The van der Waals surface area contributed by atoms with Crippen LogP contribution in [0, 0.1) is 0 Å². The van der Waals surface area contributed by atoms with Gasteiger partial charge in [0, 0.05) is 25.2 Å². The highest BCUT2D eigenvalue weighted by molar-refractivity contribution is 5.86. The van der Waals surface area contributed by atoms with Crippen molar-refractivity contribution in [3.63, 3.8) is 0 Å². The second-order valence-corrected chi connectivity index (χ2v) is 5.95. The van der Waals surface area contributed by atoms with E-state index in [4.69, 9.17) is 4.74 Å². The second kappa shape index (κ2) is 9.68. The number of esters is 1. The van der Waals surface area contributed by atoms with Crippen LogP contribution >= 0.6 is 0 Å². The zero-order valence-corrected chi connectivity index (χ0v) is 14.3. The van der Waals surface area contributed by atoms with Gasteiger partial charge in [-0.25, -0.2) is 4.79 Å². The molecule has 0 amide bonds. The fraction of sp³-hybridized carbons (Fsp3) is 0.286. The number of ether oxygens (including phenoxy) is 1. The number of hydrogen-bond donors (Lipinski definition) is 0. The van der Waals surface area contributed by atoms with Gasteiger partial charge in [-0.05, 0) is 24.5 Å². The highest BCUT2D eigenvalue weighted by Gasteiger charge is 2.08. The Kier molecular flexibility index (Phi) is 7.24. The minimum Gasteiger partial charge on any atom is -0.462 e. The molecule has 24 heavy (non-hydrogen) atoms. The van der Waals surface area contributed by atoms with E-state index in [2.05, 4.69) is 60.0 Å². The van der Waals surface area contributed by atoms with Crippen molar-refractivity contribution >= 4 is 5.97 Å². The monoisotopic (exact) mass is 323 g/mol. The molecule has 126 valence electrons. The molecule has 0 N–H and O–H groups in total. The highest BCUT2D eigenvalue weighted by Crippen LogP contribution is 2.10. The Balaban J connectivity index is 1.90. The molecule has 0 atom stereocenters. The lowest BCUT2D eigenvalue weighted by atomic mass is 10.1. The number of nitrogens with zero attached hydrogens (tertiary/aromatic N) is 1. The predicted octanol–water partition coefficient (Wildman–Crippen LogP) is 4.20. The van der Waals surface area contributed by atoms with E-state index in [1.807, 2.05) is 12.1 Å². The smallest absolute Gasteiger partial charge is 0.333 e. The first kappa shape index (κ1) is 18.0. The Labute approximate surface area is 144 Å². The van der Waals surface area contributed by atoms with Crippen molar-refractivity contribution in [1.82, 2.24) is 4.90 Å². The largest absolute Gasteiger partial charge is 0.462 e. The second-order valence-electron chi connectivity index (χ2n) is 5.95. The lowest BCUT2D eigenvalue weighted by molar-refractivity contribution is -0.139. The van der Waals surface area contributed by atoms with Gasteiger partial charge in [-0.1, -0.05) is 67.2 Å². The van der Waals surface area contributed by atoms with Crippen molar-refractivity contribution < 1.29 is 9.53 Å². The number of carbonyl (C=O) groups is 1. The van der Waals surface area contributed by atoms with Gasteiger partial charge in [-0.15, -0.1) is 0 Å². The van der Waals surface area contributed by atoms with E-state index in [-0.39, 0.29) is 5.97 Å². The quantitative estimate of drug-likeness (QED) is 0.393. The van der Waals surface area contributed by atoms with Gasteiger partial charge in [0.05, 0.1) is 6.61 Å². The number of rotatable bonds is 9. The summed E-state index contributed by atoms with van der Waals surface area (Å²) in [4.78, 5) is 13.8. The zero-order chi connectivity index (χ0) is 17.2. The van der Waals surface area contributed by atoms with Gasteiger partial charge in [0.2, 0.25) is 0 Å². The summed E-state index contributed by atoms with van der Waals surface area (Å²) in [6, 6.07) is 20.9. The SMILES string of the molecule is C=C(C)C(=O)OCCCN(Cc1ccccc1)Cc1ccccc1. The molecule has 0 spiro atoms. The molecule has 3 nitrogen and oxygen atoms in total. The fourth-order valence-electron chi connectivity index (χ4n) is 2.47. The lowest BCUT2D eigenvalue weighted by Crippen LogP contribution is -2.25. The molecule has 0 aliphatic carbocycles. The van der Waals surface area contributed by atoms with Crippen molar-refractivity contribution in [2.45, 2.75) is 26.4 Å². The number of benzene rings is 2. The summed E-state index contributed by atoms with van der Waals surface area (Å²) in [5.41, 5.74) is 3.01. The highest BCUT2D eigenvalue weighted by atomic mass is 16.5. The van der Waals surface area contributed by atoms with Crippen molar-refractivity contribution in [1.29, 1.82) is 0 Å². The van der Waals surface area contributed by atoms with Crippen LogP contribution in [0.25, 0.3) is 0 Å². The minimum atomic E-state index is -0.312. The first-order valence-corrected chi connectivity index (χ1v) is 8.28. The van der Waals surface area contributed by atoms with Crippen LogP contribution in [0.5, 0.6) is 0 Å². The molecule has 3 heteroatoms. The number of hydrogen-bond acceptors (Lipinski definition) is 3. The Morgan fingerprint density at radius 3 is 1.92 bits per heavy atom. The van der Waals surface area contributed by atoms with Crippen LogP contribution in [0.3, 0.4) is 0 Å². The lowest BCUT2D eigenvalue weighted by Gasteiger charge is -2.22. The van der Waals surface area contributed by atoms with Gasteiger partial charge in [0.15, 0.2) is 0 Å². The minimum absolute atomic E-state index is 0.312. The van der Waals surface area contributed by atoms with Gasteiger partial charge in [0.25, 0.3) is 0 Å². The molecule has 0 heterocycles. The van der Waals surface area contributed by atoms with Crippen LogP contribution in [-0.4, -0.2) is 24.0 Å². The maximum Gasteiger partial charge on any atom is 0.333 e. The maximum atomic E-state index is 11.4. The molecule has 0 bridgehead atoms. The summed E-state index contributed by atoms with van der Waals surface area (Å²) in [6.07, 6.45) is 0.804. The average molecular weight is 323 g/mol. The van der Waals surface area contributed by atoms with Crippen LogP contribution in [0.2, 0.25) is 0 Å². The predicted molar refractivity (Wildman–Crippen MR) is 97.4 cm³/mol. The molecule has 0 fully saturated rings. The summed E-state index contributed by atoms with van der Waals surface area (Å²) in [5, 5.41) is 0. The maximum absolute atomic E-state index is 11.4. The molecule has 2 aromatic rings. The van der Waals surface area contributed by atoms with Gasteiger partial charge < -0.3 is 4.74 Å². The van der Waals surface area contributed by atoms with E-state index >= 15 is 0 Å². The zero-order valence-electron chi connectivity index (χ0n) is 14.3. The van der Waals surface area contributed by atoms with Crippen molar-refractivity contribution in [2.75, 3.05) is 13.2 Å². The number of carbonyl (C=O) groups excluding carboxylic acids is 1. The Morgan fingerprint density at radius 1 is 0.958 bits per heavy atom. The Hall–Kier alpha value is -2.39. The molecular formula is C21H25NO2. The van der Waals surface area contributed by atoms with E-state index < -0.39 is 0 Å². The molecule has 0 aromatic heterocycles. The van der Waals surface area contributed by atoms with E-state index in [0.717, 1.165) is 26.1 Å². The summed E-state index contributed by atoms with van der Waals surface area (Å²) in [7, 11) is 0. The van der Waals surface area contributed by atoms with E-state index in [1.165, 1.54) is 11.1 Å². The normalized spacial score (nSPS) is 10.6. The third-order valence-electron chi connectivity index (χ3n) is 3.70. The van der Waals surface area contributed by atoms with Crippen molar-refractivity contribution in [3.8, 4) is 0 Å². The van der Waals surface area contributed by atoms with Gasteiger partial charge in [0.1, 0.15) is 0 Å². The Bertz CT molecular complexity index is 596. The fourth-order valence-corrected chi connectivity index (χ4v) is 2.47. The molecule has 0 aliphatic heterocycles. The van der Waals surface area contributed by atoms with Gasteiger partial charge in [-0.2, -0.15) is 0 Å². The van der Waals surface area contributed by atoms with Crippen molar-refractivity contribution in [3.05, 3.63) is 83.9 Å². The van der Waals surface area contributed by atoms with Crippen LogP contribution in [-0.2, 0) is 22.6 Å². The Morgan fingerprint density at radius 2 is 1.46 bits per heavy atom. The summed E-state index contributed by atoms with van der Waals surface area (Å²) in [5.74, 6) is -0.312. The molecule has 0 saturated carbocycles. The molecule has 0 saturated heterocycles. The van der Waals surface area contributed by atoms with Gasteiger partial charge >= 0.3 is 5.97 Å². The van der Waals surface area contributed by atoms with Crippen LogP contribution in [0.4, 0.5) is 0 Å². The third-order valence-corrected chi connectivity index (χ3v) is 3.70. The summed E-state index contributed by atoms with van der Waals surface area (Å²) >= 11 is 0. The summed E-state index contributed by atoms with van der Waals surface area (Å²) in [6.45, 7) is 8.31. The molecule has 2 rings (SSSR count).